The number of hydrogen-bond donors (Lipinski definition) is 0. The maximum Gasteiger partial charge on any atom is 0.339 e. The van der Waals surface area contributed by atoms with Crippen LogP contribution in [0.1, 0.15) is 15.9 Å². The molecule has 98 valence electrons. The van der Waals surface area contributed by atoms with E-state index in [9.17, 15) is 4.79 Å². The maximum atomic E-state index is 12.0. The van der Waals surface area contributed by atoms with Gasteiger partial charge in [0.15, 0.2) is 0 Å². The predicted octanol–water partition coefficient (Wildman–Crippen LogP) is 3.81. The van der Waals surface area contributed by atoms with Crippen molar-refractivity contribution in [2.24, 2.45) is 0 Å². The number of methoxy groups -OCH3 is 1. The van der Waals surface area contributed by atoms with Crippen molar-refractivity contribution in [1.82, 2.24) is 0 Å². The van der Waals surface area contributed by atoms with Crippen LogP contribution in [-0.2, 0) is 11.3 Å². The largest absolute Gasteiger partial charge is 0.496 e. The van der Waals surface area contributed by atoms with Crippen molar-refractivity contribution in [3.8, 4) is 5.75 Å². The summed E-state index contributed by atoms with van der Waals surface area (Å²) in [6, 6.07) is 14.8. The van der Waals surface area contributed by atoms with Gasteiger partial charge in [-0.2, -0.15) is 0 Å². The van der Waals surface area contributed by atoms with Crippen LogP contribution in [0.15, 0.2) is 53.0 Å². The molecule has 0 saturated heterocycles. The highest BCUT2D eigenvalue weighted by Gasteiger charge is 2.14. The molecule has 4 heteroatoms. The molecule has 0 aromatic heterocycles. The molecule has 2 rings (SSSR count). The molecule has 19 heavy (non-hydrogen) atoms. The van der Waals surface area contributed by atoms with Gasteiger partial charge in [0, 0.05) is 0 Å². The second kappa shape index (κ2) is 6.38. The summed E-state index contributed by atoms with van der Waals surface area (Å²) >= 11 is 3.34. The molecule has 2 aromatic rings. The lowest BCUT2D eigenvalue weighted by Crippen LogP contribution is -2.06. The van der Waals surface area contributed by atoms with E-state index in [4.69, 9.17) is 9.47 Å². The fourth-order valence-corrected chi connectivity index (χ4v) is 2.22. The van der Waals surface area contributed by atoms with Crippen LogP contribution in [0.25, 0.3) is 0 Å². The maximum absolute atomic E-state index is 12.0. The van der Waals surface area contributed by atoms with Gasteiger partial charge in [0.2, 0.25) is 0 Å². The Hall–Kier alpha value is -1.81. The first-order chi connectivity index (χ1) is 9.22. The van der Waals surface area contributed by atoms with Crippen LogP contribution in [0.2, 0.25) is 0 Å². The predicted molar refractivity (Wildman–Crippen MR) is 76.3 cm³/mol. The van der Waals surface area contributed by atoms with Crippen LogP contribution in [-0.4, -0.2) is 13.1 Å². The van der Waals surface area contributed by atoms with Gasteiger partial charge in [-0.1, -0.05) is 36.4 Å². The molecule has 0 bridgehead atoms. The van der Waals surface area contributed by atoms with Crippen molar-refractivity contribution >= 4 is 21.9 Å². The summed E-state index contributed by atoms with van der Waals surface area (Å²) in [5.74, 6) is 0.226. The van der Waals surface area contributed by atoms with Crippen LogP contribution >= 0.6 is 15.9 Å². The van der Waals surface area contributed by atoms with Gasteiger partial charge in [0.25, 0.3) is 0 Å². The van der Waals surface area contributed by atoms with Crippen molar-refractivity contribution in [3.05, 3.63) is 64.1 Å². The van der Waals surface area contributed by atoms with E-state index in [1.165, 1.54) is 0 Å². The van der Waals surface area contributed by atoms with E-state index >= 15 is 0 Å². The van der Waals surface area contributed by atoms with Gasteiger partial charge in [0.05, 0.1) is 17.1 Å². The Labute approximate surface area is 120 Å². The van der Waals surface area contributed by atoms with Crippen LogP contribution < -0.4 is 4.74 Å². The van der Waals surface area contributed by atoms with E-state index in [1.807, 2.05) is 30.3 Å². The van der Waals surface area contributed by atoms with E-state index in [0.29, 0.717) is 15.8 Å². The average molecular weight is 321 g/mol. The second-order valence-corrected chi connectivity index (χ2v) is 4.68. The highest BCUT2D eigenvalue weighted by Crippen LogP contribution is 2.28. The summed E-state index contributed by atoms with van der Waals surface area (Å²) in [4.78, 5) is 12.0. The third-order valence-electron chi connectivity index (χ3n) is 2.62. The Morgan fingerprint density at radius 1 is 1.11 bits per heavy atom. The Morgan fingerprint density at radius 2 is 1.84 bits per heavy atom. The molecule has 0 radical (unpaired) electrons. The van der Waals surface area contributed by atoms with Crippen molar-refractivity contribution in [2.45, 2.75) is 6.61 Å². The van der Waals surface area contributed by atoms with E-state index in [-0.39, 0.29) is 12.6 Å². The Kier molecular flexibility index (Phi) is 4.58. The molecule has 0 aliphatic rings. The molecule has 2 aromatic carbocycles. The fraction of sp³-hybridized carbons (Fsp3) is 0.133. The molecule has 0 saturated carbocycles. The van der Waals surface area contributed by atoms with E-state index < -0.39 is 0 Å². The minimum Gasteiger partial charge on any atom is -0.496 e. The molecule has 0 unspecified atom stereocenters. The number of benzene rings is 2. The van der Waals surface area contributed by atoms with Crippen molar-refractivity contribution in [1.29, 1.82) is 0 Å². The fourth-order valence-electron chi connectivity index (χ4n) is 1.63. The average Bonchev–Trinajstić information content (AvgIpc) is 2.46. The molecule has 0 aliphatic heterocycles. The Balaban J connectivity index is 2.08. The van der Waals surface area contributed by atoms with Crippen molar-refractivity contribution in [2.75, 3.05) is 7.11 Å². The van der Waals surface area contributed by atoms with Crippen LogP contribution in [0, 0.1) is 0 Å². The van der Waals surface area contributed by atoms with Gasteiger partial charge in [0.1, 0.15) is 12.4 Å². The van der Waals surface area contributed by atoms with E-state index in [2.05, 4.69) is 15.9 Å². The summed E-state index contributed by atoms with van der Waals surface area (Å²) in [5.41, 5.74) is 1.41. The molecule has 0 amide bonds. The second-order valence-electron chi connectivity index (χ2n) is 3.88. The Bertz CT molecular complexity index is 567. The van der Waals surface area contributed by atoms with Gasteiger partial charge in [-0.3, -0.25) is 0 Å². The minimum absolute atomic E-state index is 0.253. The van der Waals surface area contributed by atoms with Gasteiger partial charge in [-0.05, 0) is 33.6 Å². The third-order valence-corrected chi connectivity index (χ3v) is 3.43. The molecular formula is C15H13BrO3. The zero-order valence-corrected chi connectivity index (χ0v) is 12.0. The first-order valence-corrected chi connectivity index (χ1v) is 6.55. The van der Waals surface area contributed by atoms with Crippen molar-refractivity contribution in [3.63, 3.8) is 0 Å². The molecule has 3 nitrogen and oxygen atoms in total. The molecule has 0 N–H and O–H groups in total. The standard InChI is InChI=1S/C15H13BrO3/c1-18-13-9-5-8-12(14(13)16)15(17)19-10-11-6-3-2-4-7-11/h2-9H,10H2,1H3. The zero-order valence-electron chi connectivity index (χ0n) is 10.4. The summed E-state index contributed by atoms with van der Waals surface area (Å²) in [6.45, 7) is 0.253. The summed E-state index contributed by atoms with van der Waals surface area (Å²) < 4.78 is 11.0. The number of carbonyl (C=O) groups is 1. The first kappa shape index (κ1) is 13.6. The van der Waals surface area contributed by atoms with E-state index in [0.717, 1.165) is 5.56 Å². The molecule has 0 heterocycles. The minimum atomic E-state index is -0.380. The zero-order chi connectivity index (χ0) is 13.7. The first-order valence-electron chi connectivity index (χ1n) is 5.76. The molecule has 0 spiro atoms. The number of ether oxygens (including phenoxy) is 2. The molecule has 0 aliphatic carbocycles. The number of hydrogen-bond acceptors (Lipinski definition) is 3. The highest BCUT2D eigenvalue weighted by atomic mass is 79.9. The summed E-state index contributed by atoms with van der Waals surface area (Å²) in [5, 5.41) is 0. The van der Waals surface area contributed by atoms with Gasteiger partial charge < -0.3 is 9.47 Å². The number of rotatable bonds is 4. The molecule has 0 atom stereocenters. The smallest absolute Gasteiger partial charge is 0.339 e. The summed E-state index contributed by atoms with van der Waals surface area (Å²) in [6.07, 6.45) is 0. The summed E-state index contributed by atoms with van der Waals surface area (Å²) in [7, 11) is 1.55. The van der Waals surface area contributed by atoms with Gasteiger partial charge in [-0.25, -0.2) is 4.79 Å². The lowest BCUT2D eigenvalue weighted by atomic mass is 10.2. The lowest BCUT2D eigenvalue weighted by molar-refractivity contribution is 0.0471. The SMILES string of the molecule is COc1cccc(C(=O)OCc2ccccc2)c1Br. The monoisotopic (exact) mass is 320 g/mol. The Morgan fingerprint density at radius 3 is 2.53 bits per heavy atom. The normalized spacial score (nSPS) is 10.0. The van der Waals surface area contributed by atoms with Crippen molar-refractivity contribution < 1.29 is 14.3 Å². The van der Waals surface area contributed by atoms with E-state index in [1.54, 1.807) is 25.3 Å². The third kappa shape index (κ3) is 3.35. The quantitative estimate of drug-likeness (QED) is 0.803. The van der Waals surface area contributed by atoms with Gasteiger partial charge >= 0.3 is 5.97 Å². The lowest BCUT2D eigenvalue weighted by Gasteiger charge is -2.09. The van der Waals surface area contributed by atoms with Crippen LogP contribution in [0.3, 0.4) is 0 Å². The number of halogens is 1. The van der Waals surface area contributed by atoms with Gasteiger partial charge in [-0.15, -0.1) is 0 Å². The number of esters is 1. The molecular weight excluding hydrogens is 308 g/mol. The topological polar surface area (TPSA) is 35.5 Å². The number of carbonyl (C=O) groups excluding carboxylic acids is 1. The van der Waals surface area contributed by atoms with Crippen LogP contribution in [0.4, 0.5) is 0 Å². The van der Waals surface area contributed by atoms with Crippen LogP contribution in [0.5, 0.6) is 5.75 Å². The highest BCUT2D eigenvalue weighted by molar-refractivity contribution is 9.10. The molecule has 0 fully saturated rings.